The van der Waals surface area contributed by atoms with E-state index in [-0.39, 0.29) is 23.4 Å². The zero-order valence-corrected chi connectivity index (χ0v) is 12.5. The summed E-state index contributed by atoms with van der Waals surface area (Å²) in [6, 6.07) is 4.93. The highest BCUT2D eigenvalue weighted by molar-refractivity contribution is 9.10. The molecular formula is C12H15BrFNO2S. The van der Waals surface area contributed by atoms with E-state index in [0.717, 1.165) is 0 Å². The number of rotatable bonds is 3. The van der Waals surface area contributed by atoms with Gasteiger partial charge >= 0.3 is 0 Å². The van der Waals surface area contributed by atoms with E-state index in [1.807, 2.05) is 11.9 Å². The van der Waals surface area contributed by atoms with Gasteiger partial charge in [0.05, 0.1) is 11.5 Å². The van der Waals surface area contributed by atoms with Crippen molar-refractivity contribution >= 4 is 25.8 Å². The number of hydrogen-bond donors (Lipinski definition) is 0. The summed E-state index contributed by atoms with van der Waals surface area (Å²) >= 11 is 3.21. The van der Waals surface area contributed by atoms with E-state index in [2.05, 4.69) is 15.9 Å². The van der Waals surface area contributed by atoms with Gasteiger partial charge < -0.3 is 0 Å². The minimum absolute atomic E-state index is 0.00181. The smallest absolute Gasteiger partial charge is 0.151 e. The normalized spacial score (nSPS) is 22.6. The SMILES string of the molecule is CN(Cc1ccc(Br)cc1F)C1CCS(=O)(=O)C1. The molecule has 6 heteroatoms. The van der Waals surface area contributed by atoms with Crippen LogP contribution in [0.25, 0.3) is 0 Å². The monoisotopic (exact) mass is 335 g/mol. The molecule has 2 rings (SSSR count). The Bertz CT molecular complexity index is 547. The lowest BCUT2D eigenvalue weighted by molar-refractivity contribution is 0.250. The second-order valence-corrected chi connectivity index (χ2v) is 7.85. The second-order valence-electron chi connectivity index (χ2n) is 4.71. The van der Waals surface area contributed by atoms with E-state index in [9.17, 15) is 12.8 Å². The molecule has 1 aliphatic rings. The van der Waals surface area contributed by atoms with Crippen molar-refractivity contribution in [1.82, 2.24) is 4.90 Å². The van der Waals surface area contributed by atoms with Crippen LogP contribution >= 0.6 is 15.9 Å². The summed E-state index contributed by atoms with van der Waals surface area (Å²) in [6.07, 6.45) is 0.636. The Morgan fingerprint density at radius 1 is 1.50 bits per heavy atom. The van der Waals surface area contributed by atoms with Gasteiger partial charge in [-0.1, -0.05) is 22.0 Å². The lowest BCUT2D eigenvalue weighted by Gasteiger charge is -2.23. The molecule has 1 heterocycles. The molecule has 0 spiro atoms. The Morgan fingerprint density at radius 3 is 2.78 bits per heavy atom. The first-order valence-electron chi connectivity index (χ1n) is 5.72. The maximum Gasteiger partial charge on any atom is 0.151 e. The van der Waals surface area contributed by atoms with Crippen molar-refractivity contribution in [2.75, 3.05) is 18.6 Å². The fraction of sp³-hybridized carbons (Fsp3) is 0.500. The highest BCUT2D eigenvalue weighted by Gasteiger charge is 2.30. The average molecular weight is 336 g/mol. The quantitative estimate of drug-likeness (QED) is 0.849. The Labute approximate surface area is 115 Å². The van der Waals surface area contributed by atoms with Crippen LogP contribution in [-0.4, -0.2) is 37.9 Å². The van der Waals surface area contributed by atoms with Crippen molar-refractivity contribution in [3.63, 3.8) is 0 Å². The highest BCUT2D eigenvalue weighted by Crippen LogP contribution is 2.21. The third-order valence-corrected chi connectivity index (χ3v) is 5.51. The van der Waals surface area contributed by atoms with E-state index in [1.54, 1.807) is 12.1 Å². The van der Waals surface area contributed by atoms with Crippen LogP contribution in [0.2, 0.25) is 0 Å². The first-order chi connectivity index (χ1) is 8.37. The number of sulfone groups is 1. The van der Waals surface area contributed by atoms with Crippen LogP contribution in [0.1, 0.15) is 12.0 Å². The van der Waals surface area contributed by atoms with Crippen LogP contribution in [0.4, 0.5) is 4.39 Å². The topological polar surface area (TPSA) is 37.4 Å². The van der Waals surface area contributed by atoms with Crippen LogP contribution in [-0.2, 0) is 16.4 Å². The first kappa shape index (κ1) is 14.0. The van der Waals surface area contributed by atoms with Gasteiger partial charge in [-0.25, -0.2) is 12.8 Å². The molecule has 0 amide bonds. The number of nitrogens with zero attached hydrogens (tertiary/aromatic N) is 1. The van der Waals surface area contributed by atoms with Crippen molar-refractivity contribution in [2.45, 2.75) is 19.0 Å². The Morgan fingerprint density at radius 2 is 2.22 bits per heavy atom. The van der Waals surface area contributed by atoms with Gasteiger partial charge in [-0.2, -0.15) is 0 Å². The molecule has 0 radical (unpaired) electrons. The third kappa shape index (κ3) is 3.30. The molecular weight excluding hydrogens is 321 g/mol. The van der Waals surface area contributed by atoms with Gasteiger partial charge in [-0.15, -0.1) is 0 Å². The summed E-state index contributed by atoms with van der Waals surface area (Å²) in [6.45, 7) is 0.430. The minimum atomic E-state index is -2.89. The van der Waals surface area contributed by atoms with E-state index < -0.39 is 9.84 Å². The fourth-order valence-corrected chi connectivity index (χ4v) is 4.31. The highest BCUT2D eigenvalue weighted by atomic mass is 79.9. The van der Waals surface area contributed by atoms with Crippen LogP contribution < -0.4 is 0 Å². The first-order valence-corrected chi connectivity index (χ1v) is 8.33. The molecule has 100 valence electrons. The zero-order valence-electron chi connectivity index (χ0n) is 10.1. The Hall–Kier alpha value is -0.460. The summed E-state index contributed by atoms with van der Waals surface area (Å²) in [4.78, 5) is 1.91. The lowest BCUT2D eigenvalue weighted by atomic mass is 10.1. The van der Waals surface area contributed by atoms with Gasteiger partial charge in [0.1, 0.15) is 5.82 Å². The minimum Gasteiger partial charge on any atom is -0.298 e. The molecule has 1 aliphatic heterocycles. The summed E-state index contributed by atoms with van der Waals surface area (Å²) in [7, 11) is -1.05. The van der Waals surface area contributed by atoms with Gasteiger partial charge in [0.15, 0.2) is 9.84 Å². The zero-order chi connectivity index (χ0) is 13.3. The molecule has 3 nitrogen and oxygen atoms in total. The van der Waals surface area contributed by atoms with Gasteiger partial charge in [-0.05, 0) is 25.6 Å². The van der Waals surface area contributed by atoms with Crippen LogP contribution in [0, 0.1) is 5.82 Å². The summed E-state index contributed by atoms with van der Waals surface area (Å²) in [5.74, 6) is 0.156. The number of benzene rings is 1. The molecule has 0 N–H and O–H groups in total. The molecule has 0 bridgehead atoms. The van der Waals surface area contributed by atoms with Crippen LogP contribution in [0.3, 0.4) is 0 Å². The average Bonchev–Trinajstić information content (AvgIpc) is 2.63. The third-order valence-electron chi connectivity index (χ3n) is 3.27. The molecule has 0 aliphatic carbocycles. The van der Waals surface area contributed by atoms with Crippen molar-refractivity contribution in [2.24, 2.45) is 0 Å². The van der Waals surface area contributed by atoms with Crippen molar-refractivity contribution in [3.05, 3.63) is 34.1 Å². The van der Waals surface area contributed by atoms with E-state index in [0.29, 0.717) is 23.0 Å². The molecule has 18 heavy (non-hydrogen) atoms. The molecule has 0 aromatic heterocycles. The van der Waals surface area contributed by atoms with Crippen molar-refractivity contribution in [1.29, 1.82) is 0 Å². The van der Waals surface area contributed by atoms with E-state index >= 15 is 0 Å². The maximum atomic E-state index is 13.7. The molecule has 1 fully saturated rings. The van der Waals surface area contributed by atoms with Crippen molar-refractivity contribution < 1.29 is 12.8 Å². The predicted octanol–water partition coefficient (Wildman–Crippen LogP) is 2.21. The lowest BCUT2D eigenvalue weighted by Crippen LogP contribution is -2.32. The summed E-state index contributed by atoms with van der Waals surface area (Å²) in [5.41, 5.74) is 0.588. The van der Waals surface area contributed by atoms with Gasteiger partial charge in [-0.3, -0.25) is 4.90 Å². The van der Waals surface area contributed by atoms with Gasteiger partial charge in [0.2, 0.25) is 0 Å². The maximum absolute atomic E-state index is 13.7. The van der Waals surface area contributed by atoms with E-state index in [1.165, 1.54) is 6.07 Å². The molecule has 1 unspecified atom stereocenters. The molecule has 0 saturated carbocycles. The number of halogens is 2. The van der Waals surface area contributed by atoms with Crippen molar-refractivity contribution in [3.8, 4) is 0 Å². The van der Waals surface area contributed by atoms with Gasteiger partial charge in [0.25, 0.3) is 0 Å². The van der Waals surface area contributed by atoms with E-state index in [4.69, 9.17) is 0 Å². The van der Waals surface area contributed by atoms with Crippen LogP contribution in [0.5, 0.6) is 0 Å². The molecule has 1 aromatic rings. The molecule has 1 saturated heterocycles. The fourth-order valence-electron chi connectivity index (χ4n) is 2.17. The number of hydrogen-bond acceptors (Lipinski definition) is 3. The summed E-state index contributed by atoms with van der Waals surface area (Å²) < 4.78 is 37.2. The standard InChI is InChI=1S/C12H15BrFNO2S/c1-15(11-4-5-18(16,17)8-11)7-9-2-3-10(13)6-12(9)14/h2-3,6,11H,4-5,7-8H2,1H3. The second kappa shape index (κ2) is 5.27. The largest absolute Gasteiger partial charge is 0.298 e. The van der Waals surface area contributed by atoms with Crippen LogP contribution in [0.15, 0.2) is 22.7 Å². The summed E-state index contributed by atoms with van der Waals surface area (Å²) in [5, 5.41) is 0. The molecule has 1 aromatic carbocycles. The molecule has 1 atom stereocenters. The Kier molecular flexibility index (Phi) is 4.08. The van der Waals surface area contributed by atoms with Gasteiger partial charge in [0, 0.05) is 22.6 Å². The predicted molar refractivity (Wildman–Crippen MR) is 72.6 cm³/mol. The Balaban J connectivity index is 2.05.